The molecule has 22 heteroatoms. The van der Waals surface area contributed by atoms with E-state index in [1.165, 1.54) is 10.9 Å². The number of aromatic amines is 1. The molecule has 2 aromatic heterocycles. The number of nitrogens with two attached hydrogens (primary N) is 1. The van der Waals surface area contributed by atoms with E-state index in [9.17, 15) is 28.2 Å². The zero-order chi connectivity index (χ0) is 29.0. The first-order valence-electron chi connectivity index (χ1n) is 10.7. The van der Waals surface area contributed by atoms with Crippen LogP contribution in [0.2, 0.25) is 0 Å². The number of carbonyl (C=O) groups excluding carboxylic acids is 1. The Balaban J connectivity index is 1.62. The van der Waals surface area contributed by atoms with Crippen molar-refractivity contribution in [1.29, 1.82) is 0 Å². The van der Waals surface area contributed by atoms with Crippen LogP contribution in [-0.2, 0) is 54.7 Å². The number of rotatable bonds is 12. The smallest absolute Gasteiger partial charge is 0.431 e. The third-order valence-electron chi connectivity index (χ3n) is 5.87. The van der Waals surface area contributed by atoms with Crippen molar-refractivity contribution >= 4 is 46.5 Å². The van der Waals surface area contributed by atoms with Gasteiger partial charge < -0.3 is 20.1 Å². The summed E-state index contributed by atoms with van der Waals surface area (Å²) in [5.74, 6) is -1.02. The van der Waals surface area contributed by atoms with Crippen LogP contribution in [-0.4, -0.2) is 63.9 Å². The molecular formula is C17H24N5O14P3. The highest BCUT2D eigenvalue weighted by Gasteiger charge is 2.77. The van der Waals surface area contributed by atoms with Crippen LogP contribution < -0.4 is 11.3 Å². The molecular weight excluding hydrogens is 591 g/mol. The summed E-state index contributed by atoms with van der Waals surface area (Å²) in [4.78, 5) is 43.8. The van der Waals surface area contributed by atoms with Gasteiger partial charge in [0, 0.05) is 34.7 Å². The summed E-state index contributed by atoms with van der Waals surface area (Å²) in [7, 11) is -12.5. The summed E-state index contributed by atoms with van der Waals surface area (Å²) in [5, 5.41) is 0. The fraction of sp³-hybridized carbons (Fsp3) is 0.529. The largest absolute Gasteiger partial charge is 0.492 e. The summed E-state index contributed by atoms with van der Waals surface area (Å²) >= 11 is 0. The van der Waals surface area contributed by atoms with Crippen molar-refractivity contribution in [1.82, 2.24) is 19.5 Å². The molecule has 2 fully saturated rings. The first-order valence-corrected chi connectivity index (χ1v) is 15.1. The van der Waals surface area contributed by atoms with E-state index in [0.717, 1.165) is 28.3 Å². The minimum Gasteiger partial charge on any atom is -0.431 e. The molecule has 4 N–H and O–H groups in total. The predicted molar refractivity (Wildman–Crippen MR) is 128 cm³/mol. The van der Waals surface area contributed by atoms with Gasteiger partial charge in [-0.1, -0.05) is 6.58 Å². The number of fused-ring (bicyclic) bond motifs is 2. The normalized spacial score (nSPS) is 28.7. The van der Waals surface area contributed by atoms with Crippen molar-refractivity contribution in [2.45, 2.75) is 31.8 Å². The SMILES string of the molecule is C=C(OC(C)=O)C12CC(n3cnc4c(=O)[nH]c(N)nc43)OC1C2OP(=O)(OC)OP(=O)(OC)OP(=O)(O)OC. The number of phosphoric ester groups is 2. The zero-order valence-corrected chi connectivity index (χ0v) is 23.4. The molecule has 2 aromatic rings. The van der Waals surface area contributed by atoms with E-state index in [-0.39, 0.29) is 29.3 Å². The molecule has 0 spiro atoms. The molecule has 3 heterocycles. The van der Waals surface area contributed by atoms with E-state index >= 15 is 0 Å². The van der Waals surface area contributed by atoms with Crippen molar-refractivity contribution in [2.75, 3.05) is 27.1 Å². The topological polar surface area (TPSA) is 252 Å². The Morgan fingerprint density at radius 2 is 1.90 bits per heavy atom. The zero-order valence-electron chi connectivity index (χ0n) is 20.7. The Bertz CT molecular complexity index is 1520. The van der Waals surface area contributed by atoms with Crippen LogP contribution >= 0.6 is 23.5 Å². The van der Waals surface area contributed by atoms with Gasteiger partial charge in [0.15, 0.2) is 11.2 Å². The minimum atomic E-state index is -5.06. The molecule has 0 aromatic carbocycles. The van der Waals surface area contributed by atoms with Crippen LogP contribution in [0.5, 0.6) is 0 Å². The molecule has 7 unspecified atom stereocenters. The number of ether oxygens (including phenoxy) is 2. The Labute approximate surface area is 219 Å². The minimum absolute atomic E-state index is 0.0149. The fourth-order valence-corrected chi connectivity index (χ4v) is 8.33. The number of hydrogen-bond acceptors (Lipinski definition) is 16. The molecule has 216 valence electrons. The number of esters is 1. The molecule has 1 aliphatic heterocycles. The number of hydrogen-bond donors (Lipinski definition) is 3. The molecule has 7 atom stereocenters. The highest BCUT2D eigenvalue weighted by Crippen LogP contribution is 2.75. The van der Waals surface area contributed by atoms with Crippen molar-refractivity contribution in [2.24, 2.45) is 5.41 Å². The molecule has 2 aliphatic rings. The molecule has 0 radical (unpaired) electrons. The second-order valence-electron chi connectivity index (χ2n) is 8.15. The summed E-state index contributed by atoms with van der Waals surface area (Å²) in [6.45, 7) is 4.90. The van der Waals surface area contributed by atoms with Gasteiger partial charge in [-0.15, -0.1) is 0 Å². The van der Waals surface area contributed by atoms with E-state index < -0.39 is 58.8 Å². The quantitative estimate of drug-likeness (QED) is 0.175. The number of anilines is 1. The average Bonchev–Trinajstić information content (AvgIpc) is 3.17. The number of imidazole rings is 1. The Morgan fingerprint density at radius 1 is 1.23 bits per heavy atom. The van der Waals surface area contributed by atoms with Gasteiger partial charge in [0.25, 0.3) is 5.56 Å². The van der Waals surface area contributed by atoms with Crippen molar-refractivity contribution in [3.05, 3.63) is 29.0 Å². The third kappa shape index (κ3) is 5.53. The monoisotopic (exact) mass is 615 g/mol. The molecule has 0 bridgehead atoms. The lowest BCUT2D eigenvalue weighted by Crippen LogP contribution is -2.21. The third-order valence-corrected chi connectivity index (χ3v) is 10.9. The number of H-pyrrole nitrogens is 1. The maximum Gasteiger partial charge on any atom is 0.492 e. The molecule has 4 rings (SSSR count). The van der Waals surface area contributed by atoms with Crippen LogP contribution in [0.25, 0.3) is 11.2 Å². The number of nitrogen functional groups attached to an aromatic ring is 1. The van der Waals surface area contributed by atoms with Crippen LogP contribution in [0.4, 0.5) is 5.95 Å². The van der Waals surface area contributed by atoms with E-state index in [1.807, 2.05) is 0 Å². The maximum absolute atomic E-state index is 13.3. The molecule has 1 saturated heterocycles. The van der Waals surface area contributed by atoms with E-state index in [4.69, 9.17) is 28.6 Å². The van der Waals surface area contributed by atoms with Gasteiger partial charge in [-0.2, -0.15) is 13.6 Å². The number of phosphoric acid groups is 3. The van der Waals surface area contributed by atoms with Gasteiger partial charge in [0.2, 0.25) is 5.95 Å². The Kier molecular flexibility index (Phi) is 7.83. The van der Waals surface area contributed by atoms with Crippen LogP contribution in [0, 0.1) is 5.41 Å². The Morgan fingerprint density at radius 3 is 2.49 bits per heavy atom. The van der Waals surface area contributed by atoms with Gasteiger partial charge in [-0.3, -0.25) is 37.2 Å². The highest BCUT2D eigenvalue weighted by molar-refractivity contribution is 7.67. The first kappa shape index (κ1) is 29.7. The average molecular weight is 615 g/mol. The van der Waals surface area contributed by atoms with Crippen LogP contribution in [0.15, 0.2) is 23.5 Å². The molecule has 1 aliphatic carbocycles. The number of carbonyl (C=O) groups is 1. The van der Waals surface area contributed by atoms with Gasteiger partial charge in [-0.25, -0.2) is 18.7 Å². The number of nitrogens with zero attached hydrogens (tertiary/aromatic N) is 3. The Hall–Kier alpha value is -2.27. The van der Waals surface area contributed by atoms with Gasteiger partial charge in [0.1, 0.15) is 24.2 Å². The second kappa shape index (κ2) is 10.3. The van der Waals surface area contributed by atoms with Crippen LogP contribution in [0.3, 0.4) is 0 Å². The van der Waals surface area contributed by atoms with Crippen molar-refractivity contribution in [3.8, 4) is 0 Å². The summed E-state index contributed by atoms with van der Waals surface area (Å²) in [6.07, 6.45) is -1.83. The second-order valence-corrected chi connectivity index (χ2v) is 13.5. The molecule has 39 heavy (non-hydrogen) atoms. The van der Waals surface area contributed by atoms with Gasteiger partial charge in [-0.05, 0) is 0 Å². The lowest BCUT2D eigenvalue weighted by Gasteiger charge is -2.25. The van der Waals surface area contributed by atoms with E-state index in [0.29, 0.717) is 0 Å². The van der Waals surface area contributed by atoms with Gasteiger partial charge >= 0.3 is 29.4 Å². The van der Waals surface area contributed by atoms with Crippen LogP contribution in [0.1, 0.15) is 19.6 Å². The summed E-state index contributed by atoms with van der Waals surface area (Å²) in [5.41, 5.74) is 3.82. The van der Waals surface area contributed by atoms with Crippen molar-refractivity contribution < 1.29 is 59.6 Å². The molecule has 19 nitrogen and oxygen atoms in total. The standard InChI is InChI=1S/C17H24N5O14P3/c1-8(32-9(2)23)17-6-10(22-7-19-11-14(22)20-16(18)21-15(11)24)33-12(17)13(17)34-38(27,30-4)36-39(28,31-5)35-37(25,26)29-3/h7,10,12-13H,1,6H2,2-5H3,(H,25,26)(H3,18,20,21,24). The maximum atomic E-state index is 13.3. The predicted octanol–water partition coefficient (Wildman–Crippen LogP) is 1.74. The first-order chi connectivity index (χ1) is 18.1. The van der Waals surface area contributed by atoms with E-state index in [1.54, 1.807) is 0 Å². The van der Waals surface area contributed by atoms with Gasteiger partial charge in [0.05, 0.1) is 11.7 Å². The lowest BCUT2D eigenvalue weighted by molar-refractivity contribution is -0.138. The highest BCUT2D eigenvalue weighted by atomic mass is 31.3. The summed E-state index contributed by atoms with van der Waals surface area (Å²) < 4.78 is 78.5. The molecule has 1 saturated carbocycles. The van der Waals surface area contributed by atoms with E-state index in [2.05, 4.69) is 34.9 Å². The lowest BCUT2D eigenvalue weighted by atomic mass is 9.99. The van der Waals surface area contributed by atoms with Crippen molar-refractivity contribution in [3.63, 3.8) is 0 Å². The molecule has 0 amide bonds. The fourth-order valence-electron chi connectivity index (χ4n) is 4.07. The number of nitrogens with one attached hydrogen (secondary N) is 1. The number of aromatic nitrogens is 4. The summed E-state index contributed by atoms with van der Waals surface area (Å²) in [6, 6.07) is 0.